The number of likely N-dealkylation sites (N-methyl/N-ethyl adjacent to an activating group) is 1. The predicted octanol–water partition coefficient (Wildman–Crippen LogP) is 3.03. The van der Waals surface area contributed by atoms with Gasteiger partial charge in [-0.2, -0.15) is 0 Å². The molecule has 1 atom stereocenters. The molecule has 1 aliphatic rings. The minimum Gasteiger partial charge on any atom is -0.423 e. The molecule has 0 spiro atoms. The van der Waals surface area contributed by atoms with Crippen LogP contribution in [-0.2, 0) is 4.79 Å². The first-order valence-electron chi connectivity index (χ1n) is 6.88. The molecule has 0 saturated carbocycles. The van der Waals surface area contributed by atoms with Crippen molar-refractivity contribution in [3.8, 4) is 5.75 Å². The number of esters is 1. The van der Waals surface area contributed by atoms with Gasteiger partial charge in [0.15, 0.2) is 5.75 Å². The number of hydrogen-bond donors (Lipinski definition) is 0. The monoisotopic (exact) mass is 368 g/mol. The molecule has 0 radical (unpaired) electrons. The van der Waals surface area contributed by atoms with E-state index in [9.17, 15) is 4.79 Å². The highest BCUT2D eigenvalue weighted by Crippen LogP contribution is 2.28. The van der Waals surface area contributed by atoms with E-state index >= 15 is 0 Å². The Labute approximate surface area is 149 Å². The van der Waals surface area contributed by atoms with Crippen LogP contribution in [0, 0.1) is 6.92 Å². The summed E-state index contributed by atoms with van der Waals surface area (Å²) in [4.78, 5) is 16.7. The zero-order chi connectivity index (χ0) is 14.7. The zero-order valence-corrected chi connectivity index (χ0v) is 15.4. The quantitative estimate of drug-likeness (QED) is 0.605. The van der Waals surface area contributed by atoms with Crippen molar-refractivity contribution >= 4 is 42.4 Å². The highest BCUT2D eigenvalue weighted by molar-refractivity contribution is 6.32. The van der Waals surface area contributed by atoms with Crippen molar-refractivity contribution in [2.45, 2.75) is 19.9 Å². The van der Waals surface area contributed by atoms with Gasteiger partial charge in [-0.3, -0.25) is 4.90 Å². The van der Waals surface area contributed by atoms with Crippen molar-refractivity contribution in [2.75, 3.05) is 33.2 Å². The molecule has 1 unspecified atom stereocenters. The van der Waals surface area contributed by atoms with E-state index in [-0.39, 0.29) is 36.8 Å². The van der Waals surface area contributed by atoms with Gasteiger partial charge in [-0.15, -0.1) is 24.8 Å². The average Bonchev–Trinajstić information content (AvgIpc) is 2.43. The largest absolute Gasteiger partial charge is 0.423 e. The van der Waals surface area contributed by atoms with Gasteiger partial charge in [-0.1, -0.05) is 23.7 Å². The topological polar surface area (TPSA) is 32.8 Å². The summed E-state index contributed by atoms with van der Waals surface area (Å²) >= 11 is 6.09. The fourth-order valence-electron chi connectivity index (χ4n) is 2.29. The first-order valence-corrected chi connectivity index (χ1v) is 7.26. The fourth-order valence-corrected chi connectivity index (χ4v) is 2.55. The smallest absolute Gasteiger partial charge is 0.328 e. The van der Waals surface area contributed by atoms with Gasteiger partial charge in [0.05, 0.1) is 5.02 Å². The van der Waals surface area contributed by atoms with Crippen LogP contribution < -0.4 is 4.74 Å². The van der Waals surface area contributed by atoms with Gasteiger partial charge in [-0.05, 0) is 32.5 Å². The molecule has 4 nitrogen and oxygen atoms in total. The lowest BCUT2D eigenvalue weighted by Gasteiger charge is -2.35. The molecule has 1 heterocycles. The van der Waals surface area contributed by atoms with E-state index < -0.39 is 0 Å². The summed E-state index contributed by atoms with van der Waals surface area (Å²) < 4.78 is 5.49. The van der Waals surface area contributed by atoms with E-state index in [0.29, 0.717) is 10.8 Å². The highest BCUT2D eigenvalue weighted by atomic mass is 35.5. The maximum absolute atomic E-state index is 12.3. The minimum atomic E-state index is -0.251. The molecule has 126 valence electrons. The van der Waals surface area contributed by atoms with Crippen molar-refractivity contribution in [2.24, 2.45) is 0 Å². The third-order valence-corrected chi connectivity index (χ3v) is 4.09. The number of benzene rings is 1. The second-order valence-electron chi connectivity index (χ2n) is 5.32. The van der Waals surface area contributed by atoms with Crippen LogP contribution >= 0.6 is 36.4 Å². The van der Waals surface area contributed by atoms with Crippen LogP contribution in [-0.4, -0.2) is 55.0 Å². The molecule has 0 aliphatic carbocycles. The third kappa shape index (κ3) is 5.28. The second kappa shape index (κ2) is 9.58. The minimum absolute atomic E-state index is 0. The predicted molar refractivity (Wildman–Crippen MR) is 94.9 cm³/mol. The summed E-state index contributed by atoms with van der Waals surface area (Å²) in [5.74, 6) is 0.228. The van der Waals surface area contributed by atoms with Crippen LogP contribution in [0.4, 0.5) is 0 Å². The lowest BCUT2D eigenvalue weighted by Crippen LogP contribution is -2.51. The Balaban J connectivity index is 0.00000220. The Morgan fingerprint density at radius 2 is 1.82 bits per heavy atom. The van der Waals surface area contributed by atoms with Crippen LogP contribution in [0.3, 0.4) is 0 Å². The van der Waals surface area contributed by atoms with Gasteiger partial charge in [0.1, 0.15) is 6.04 Å². The Morgan fingerprint density at radius 3 is 2.36 bits per heavy atom. The molecule has 1 aromatic carbocycles. The van der Waals surface area contributed by atoms with E-state index in [1.807, 2.05) is 26.0 Å². The summed E-state index contributed by atoms with van der Waals surface area (Å²) in [6, 6.07) is 5.21. The molecule has 1 fully saturated rings. The molecule has 22 heavy (non-hydrogen) atoms. The third-order valence-electron chi connectivity index (χ3n) is 3.79. The number of piperazine rings is 1. The Kier molecular flexibility index (Phi) is 9.35. The summed E-state index contributed by atoms with van der Waals surface area (Å²) in [7, 11) is 2.09. The maximum atomic E-state index is 12.3. The summed E-state index contributed by atoms with van der Waals surface area (Å²) in [6.07, 6.45) is 0. The molecule has 2 rings (SSSR count). The first kappa shape index (κ1) is 21.5. The summed E-state index contributed by atoms with van der Waals surface area (Å²) in [5.41, 5.74) is 0.872. The van der Waals surface area contributed by atoms with E-state index in [4.69, 9.17) is 16.3 Å². The van der Waals surface area contributed by atoms with Gasteiger partial charge >= 0.3 is 5.97 Å². The van der Waals surface area contributed by atoms with Crippen molar-refractivity contribution in [3.63, 3.8) is 0 Å². The maximum Gasteiger partial charge on any atom is 0.328 e. The Morgan fingerprint density at radius 1 is 1.23 bits per heavy atom. The van der Waals surface area contributed by atoms with Crippen LogP contribution in [0.1, 0.15) is 12.5 Å². The molecule has 0 amide bonds. The second-order valence-corrected chi connectivity index (χ2v) is 5.73. The van der Waals surface area contributed by atoms with Crippen LogP contribution in [0.15, 0.2) is 18.2 Å². The molecule has 0 bridgehead atoms. The summed E-state index contributed by atoms with van der Waals surface area (Å²) in [5, 5.41) is 0.476. The standard InChI is InChI=1S/C15H21ClN2O2.2ClH/c1-11-5-4-6-13(16)14(11)20-15(19)12(2)18-9-7-17(3)8-10-18;;/h4-6,12H,7-10H2,1-3H3;2*1H. The van der Waals surface area contributed by atoms with E-state index in [1.54, 1.807) is 6.07 Å². The molecule has 7 heteroatoms. The lowest BCUT2D eigenvalue weighted by molar-refractivity contribution is -0.140. The van der Waals surface area contributed by atoms with Crippen molar-refractivity contribution in [3.05, 3.63) is 28.8 Å². The number of para-hydroxylation sites is 1. The van der Waals surface area contributed by atoms with Gasteiger partial charge in [0.25, 0.3) is 0 Å². The SMILES string of the molecule is Cc1cccc(Cl)c1OC(=O)C(C)N1CCN(C)CC1.Cl.Cl. The number of rotatable bonds is 3. The molecule has 0 N–H and O–H groups in total. The lowest BCUT2D eigenvalue weighted by atomic mass is 10.2. The number of halogens is 3. The Hall–Kier alpha value is -0.520. The number of ether oxygens (including phenoxy) is 1. The number of aryl methyl sites for hydroxylation is 1. The van der Waals surface area contributed by atoms with E-state index in [2.05, 4.69) is 16.8 Å². The number of hydrogen-bond acceptors (Lipinski definition) is 4. The fraction of sp³-hybridized carbons (Fsp3) is 0.533. The van der Waals surface area contributed by atoms with Crippen LogP contribution in [0.5, 0.6) is 5.75 Å². The number of carbonyl (C=O) groups excluding carboxylic acids is 1. The number of nitrogens with zero attached hydrogens (tertiary/aromatic N) is 2. The van der Waals surface area contributed by atoms with Crippen molar-refractivity contribution in [1.29, 1.82) is 0 Å². The van der Waals surface area contributed by atoms with Crippen LogP contribution in [0.2, 0.25) is 5.02 Å². The van der Waals surface area contributed by atoms with Gasteiger partial charge < -0.3 is 9.64 Å². The molecule has 1 aromatic rings. The van der Waals surface area contributed by atoms with Crippen LogP contribution in [0.25, 0.3) is 0 Å². The molecule has 1 aliphatic heterocycles. The van der Waals surface area contributed by atoms with E-state index in [1.165, 1.54) is 0 Å². The average molecular weight is 370 g/mol. The molecular weight excluding hydrogens is 347 g/mol. The highest BCUT2D eigenvalue weighted by Gasteiger charge is 2.26. The normalized spacial score (nSPS) is 17.1. The van der Waals surface area contributed by atoms with Crippen molar-refractivity contribution < 1.29 is 9.53 Å². The number of carbonyl (C=O) groups is 1. The first-order chi connectivity index (χ1) is 9.49. The van der Waals surface area contributed by atoms with Crippen molar-refractivity contribution in [1.82, 2.24) is 9.80 Å². The molecule has 1 saturated heterocycles. The van der Waals surface area contributed by atoms with Gasteiger partial charge in [0.2, 0.25) is 0 Å². The van der Waals surface area contributed by atoms with Gasteiger partial charge in [0, 0.05) is 26.2 Å². The summed E-state index contributed by atoms with van der Waals surface area (Å²) in [6.45, 7) is 7.49. The zero-order valence-electron chi connectivity index (χ0n) is 13.0. The molecule has 0 aromatic heterocycles. The molecular formula is C15H23Cl3N2O2. The van der Waals surface area contributed by atoms with E-state index in [0.717, 1.165) is 31.7 Å². The Bertz CT molecular complexity index is 471. The van der Waals surface area contributed by atoms with Gasteiger partial charge in [-0.25, -0.2) is 4.79 Å².